The van der Waals surface area contributed by atoms with Gasteiger partial charge in [0.05, 0.1) is 22.9 Å². The zero-order valence-electron chi connectivity index (χ0n) is 17.4. The van der Waals surface area contributed by atoms with Gasteiger partial charge < -0.3 is 14.6 Å². The summed E-state index contributed by atoms with van der Waals surface area (Å²) in [5.74, 6) is -0.0949. The normalized spacial score (nSPS) is 14.7. The number of rotatable bonds is 4. The Morgan fingerprint density at radius 2 is 1.66 bits per heavy atom. The summed E-state index contributed by atoms with van der Waals surface area (Å²) < 4.78 is 5.31. The molecule has 0 spiro atoms. The van der Waals surface area contributed by atoms with Crippen LogP contribution >= 0.6 is 11.6 Å². The van der Waals surface area contributed by atoms with Crippen molar-refractivity contribution in [1.82, 2.24) is 4.90 Å². The second-order valence-electron chi connectivity index (χ2n) is 7.90. The van der Waals surface area contributed by atoms with E-state index in [2.05, 4.69) is 15.1 Å². The third kappa shape index (κ3) is 4.07. The van der Waals surface area contributed by atoms with E-state index in [1.54, 1.807) is 18.2 Å². The second kappa shape index (κ2) is 8.65. The molecule has 4 aromatic rings. The lowest BCUT2D eigenvalue weighted by molar-refractivity contribution is -0.117. The molecule has 0 unspecified atom stereocenters. The van der Waals surface area contributed by atoms with Gasteiger partial charge in [-0.1, -0.05) is 54.1 Å². The van der Waals surface area contributed by atoms with Crippen molar-refractivity contribution >= 4 is 50.6 Å². The van der Waals surface area contributed by atoms with Gasteiger partial charge in [0, 0.05) is 43.0 Å². The average Bonchev–Trinajstić information content (AvgIpc) is 2.81. The van der Waals surface area contributed by atoms with Crippen LogP contribution in [0.2, 0.25) is 5.02 Å². The number of anilines is 2. The third-order valence-electron chi connectivity index (χ3n) is 5.85. The van der Waals surface area contributed by atoms with Crippen LogP contribution in [0.4, 0.5) is 11.4 Å². The fraction of sp³-hybridized carbons (Fsp3) is 0.200. The first-order valence-corrected chi connectivity index (χ1v) is 10.9. The van der Waals surface area contributed by atoms with Gasteiger partial charge in [0.25, 0.3) is 0 Å². The number of fused-ring (bicyclic) bond motifs is 2. The molecule has 6 nitrogen and oxygen atoms in total. The molecule has 2 heterocycles. The molecule has 0 aliphatic carbocycles. The Morgan fingerprint density at radius 3 is 2.47 bits per heavy atom. The monoisotopic (exact) mass is 447 g/mol. The van der Waals surface area contributed by atoms with Crippen LogP contribution in [0.25, 0.3) is 21.7 Å². The highest BCUT2D eigenvalue weighted by Gasteiger charge is 2.22. The smallest absolute Gasteiger partial charge is 0.338 e. The first kappa shape index (κ1) is 20.5. The van der Waals surface area contributed by atoms with Crippen molar-refractivity contribution in [1.29, 1.82) is 0 Å². The topological polar surface area (TPSA) is 65.8 Å². The maximum atomic E-state index is 12.8. The Labute approximate surface area is 190 Å². The molecule has 32 heavy (non-hydrogen) atoms. The van der Waals surface area contributed by atoms with Crippen LogP contribution < -0.4 is 15.8 Å². The molecular formula is C25H22ClN3O3. The number of hydrogen-bond donors (Lipinski definition) is 1. The summed E-state index contributed by atoms with van der Waals surface area (Å²) in [5, 5.41) is 6.39. The van der Waals surface area contributed by atoms with E-state index in [-0.39, 0.29) is 18.1 Å². The van der Waals surface area contributed by atoms with E-state index in [1.165, 1.54) is 0 Å². The molecule has 1 amide bonds. The summed E-state index contributed by atoms with van der Waals surface area (Å²) in [6.07, 6.45) is 0. The van der Waals surface area contributed by atoms with Crippen molar-refractivity contribution in [3.8, 4) is 0 Å². The highest BCUT2D eigenvalue weighted by atomic mass is 35.5. The van der Waals surface area contributed by atoms with Crippen LogP contribution in [-0.2, 0) is 4.79 Å². The molecule has 0 bridgehead atoms. The van der Waals surface area contributed by atoms with Gasteiger partial charge >= 0.3 is 5.63 Å². The number of halogens is 1. The molecule has 0 atom stereocenters. The SMILES string of the molecule is O=C(CN1CCN(c2cc(=O)oc3ccccc23)CC1)Nc1c(Cl)ccc2ccccc12. The van der Waals surface area contributed by atoms with Gasteiger partial charge in [-0.05, 0) is 23.6 Å². The summed E-state index contributed by atoms with van der Waals surface area (Å²) in [5.41, 5.74) is 1.76. The van der Waals surface area contributed by atoms with E-state index in [0.29, 0.717) is 29.4 Å². The maximum absolute atomic E-state index is 12.8. The largest absolute Gasteiger partial charge is 0.423 e. The number of piperazine rings is 1. The van der Waals surface area contributed by atoms with Crippen LogP contribution in [0.5, 0.6) is 0 Å². The summed E-state index contributed by atoms with van der Waals surface area (Å²) in [4.78, 5) is 29.0. The van der Waals surface area contributed by atoms with Crippen LogP contribution in [-0.4, -0.2) is 43.5 Å². The van der Waals surface area contributed by atoms with Crippen LogP contribution in [0.1, 0.15) is 0 Å². The van der Waals surface area contributed by atoms with E-state index >= 15 is 0 Å². The summed E-state index contributed by atoms with van der Waals surface area (Å²) in [7, 11) is 0. The molecule has 1 aromatic heterocycles. The number of carbonyl (C=O) groups excluding carboxylic acids is 1. The highest BCUT2D eigenvalue weighted by Crippen LogP contribution is 2.31. The van der Waals surface area contributed by atoms with Crippen molar-refractivity contribution in [2.45, 2.75) is 0 Å². The van der Waals surface area contributed by atoms with Crippen molar-refractivity contribution in [2.24, 2.45) is 0 Å². The van der Waals surface area contributed by atoms with Crippen molar-refractivity contribution in [2.75, 3.05) is 42.9 Å². The molecule has 162 valence electrons. The zero-order chi connectivity index (χ0) is 22.1. The van der Waals surface area contributed by atoms with E-state index in [0.717, 1.165) is 34.9 Å². The van der Waals surface area contributed by atoms with Crippen molar-refractivity contribution < 1.29 is 9.21 Å². The van der Waals surface area contributed by atoms with Gasteiger partial charge in [-0.3, -0.25) is 9.69 Å². The highest BCUT2D eigenvalue weighted by molar-refractivity contribution is 6.35. The Morgan fingerprint density at radius 1 is 0.938 bits per heavy atom. The Balaban J connectivity index is 1.26. The molecule has 1 saturated heterocycles. The molecule has 0 saturated carbocycles. The maximum Gasteiger partial charge on any atom is 0.338 e. The Kier molecular flexibility index (Phi) is 5.55. The summed E-state index contributed by atoms with van der Waals surface area (Å²) in [6, 6.07) is 20.7. The van der Waals surface area contributed by atoms with Crippen LogP contribution in [0.15, 0.2) is 75.9 Å². The van der Waals surface area contributed by atoms with Gasteiger partial charge in [0.2, 0.25) is 5.91 Å². The second-order valence-corrected chi connectivity index (χ2v) is 8.31. The number of para-hydroxylation sites is 1. The minimum absolute atomic E-state index is 0.0949. The quantitative estimate of drug-likeness (QED) is 0.471. The molecule has 5 rings (SSSR count). The van der Waals surface area contributed by atoms with Gasteiger partial charge in [0.15, 0.2) is 0 Å². The van der Waals surface area contributed by atoms with Crippen LogP contribution in [0.3, 0.4) is 0 Å². The molecule has 0 radical (unpaired) electrons. The van der Waals surface area contributed by atoms with Gasteiger partial charge in [-0.15, -0.1) is 0 Å². The number of amides is 1. The molecule has 7 heteroatoms. The Hall–Kier alpha value is -3.35. The molecule has 1 fully saturated rings. The fourth-order valence-electron chi connectivity index (χ4n) is 4.26. The molecule has 1 N–H and O–H groups in total. The van der Waals surface area contributed by atoms with Crippen molar-refractivity contribution in [3.63, 3.8) is 0 Å². The number of benzene rings is 3. The minimum Gasteiger partial charge on any atom is -0.423 e. The minimum atomic E-state index is -0.354. The van der Waals surface area contributed by atoms with Gasteiger partial charge in [-0.2, -0.15) is 0 Å². The lowest BCUT2D eigenvalue weighted by Gasteiger charge is -2.36. The molecular weight excluding hydrogens is 426 g/mol. The van der Waals surface area contributed by atoms with Gasteiger partial charge in [0.1, 0.15) is 5.58 Å². The average molecular weight is 448 g/mol. The molecule has 1 aliphatic rings. The van der Waals surface area contributed by atoms with E-state index < -0.39 is 0 Å². The standard InChI is InChI=1S/C25H22ClN3O3/c26-20-10-9-17-5-1-2-6-18(17)25(20)27-23(30)16-28-11-13-29(14-12-28)21-15-24(31)32-22-8-4-3-7-19(21)22/h1-10,15H,11-14,16H2,(H,27,30). The molecule has 3 aromatic carbocycles. The van der Waals surface area contributed by atoms with Crippen LogP contribution in [0, 0.1) is 0 Å². The van der Waals surface area contributed by atoms with Crippen molar-refractivity contribution in [3.05, 3.63) is 82.2 Å². The van der Waals surface area contributed by atoms with Gasteiger partial charge in [-0.25, -0.2) is 4.79 Å². The van der Waals surface area contributed by atoms with E-state index in [4.69, 9.17) is 16.0 Å². The lowest BCUT2D eigenvalue weighted by Crippen LogP contribution is -2.48. The third-order valence-corrected chi connectivity index (χ3v) is 6.17. The first-order valence-electron chi connectivity index (χ1n) is 10.6. The predicted molar refractivity (Wildman–Crippen MR) is 129 cm³/mol. The molecule has 1 aliphatic heterocycles. The number of carbonyl (C=O) groups is 1. The Bertz CT molecular complexity index is 1360. The number of nitrogens with zero attached hydrogens (tertiary/aromatic N) is 2. The van der Waals surface area contributed by atoms with E-state index in [9.17, 15) is 9.59 Å². The fourth-order valence-corrected chi connectivity index (χ4v) is 4.47. The number of hydrogen-bond acceptors (Lipinski definition) is 5. The van der Waals surface area contributed by atoms with E-state index in [1.807, 2.05) is 48.5 Å². The summed E-state index contributed by atoms with van der Waals surface area (Å²) in [6.45, 7) is 3.15. The predicted octanol–water partition coefficient (Wildman–Crippen LogP) is 4.36. The summed E-state index contributed by atoms with van der Waals surface area (Å²) >= 11 is 6.37. The lowest BCUT2D eigenvalue weighted by atomic mass is 10.1. The first-order chi connectivity index (χ1) is 15.6. The number of nitrogens with one attached hydrogen (secondary N) is 1. The zero-order valence-corrected chi connectivity index (χ0v) is 18.1.